The van der Waals surface area contributed by atoms with Crippen LogP contribution in [0.5, 0.6) is 0 Å². The number of Topliss-reactive ketones (excluding diaryl/α,β-unsaturated/α-hetero) is 1. The van der Waals surface area contributed by atoms with Crippen molar-refractivity contribution in [2.45, 2.75) is 32.8 Å². The van der Waals surface area contributed by atoms with E-state index in [0.29, 0.717) is 18.1 Å². The zero-order chi connectivity index (χ0) is 13.1. The fourth-order valence-corrected chi connectivity index (χ4v) is 2.23. The number of hydrogen-bond acceptors (Lipinski definition) is 2. The molecular weight excluding hydrogens is 303 g/mol. The van der Waals surface area contributed by atoms with Gasteiger partial charge in [0.05, 0.1) is 0 Å². The van der Waals surface area contributed by atoms with Crippen molar-refractivity contribution in [1.82, 2.24) is 0 Å². The Morgan fingerprint density at radius 1 is 1.47 bits per heavy atom. The molecule has 0 fully saturated rings. The van der Waals surface area contributed by atoms with Gasteiger partial charge in [0.1, 0.15) is 5.60 Å². The molecule has 0 aliphatic carbocycles. The molecular formula is C13H16BrClO2. The molecule has 0 heterocycles. The molecule has 0 aliphatic heterocycles. The summed E-state index contributed by atoms with van der Waals surface area (Å²) in [4.78, 5) is 12.1. The van der Waals surface area contributed by atoms with Crippen LogP contribution in [0, 0.1) is 0 Å². The summed E-state index contributed by atoms with van der Waals surface area (Å²) in [5.41, 5.74) is 0.0677. The Morgan fingerprint density at radius 2 is 2.12 bits per heavy atom. The van der Waals surface area contributed by atoms with Gasteiger partial charge in [-0.3, -0.25) is 4.79 Å². The molecule has 0 spiro atoms. The van der Waals surface area contributed by atoms with Crippen LogP contribution in [0.4, 0.5) is 0 Å². The molecule has 0 N–H and O–H groups in total. The number of halogens is 2. The minimum atomic E-state index is -0.759. The molecule has 0 bridgehead atoms. The third-order valence-corrected chi connectivity index (χ3v) is 3.39. The lowest BCUT2D eigenvalue weighted by atomic mass is 9.97. The minimum Gasteiger partial charge on any atom is -0.368 e. The van der Waals surface area contributed by atoms with Crippen LogP contribution in [0.3, 0.4) is 0 Å². The lowest BCUT2D eigenvalue weighted by Crippen LogP contribution is -2.36. The second kappa shape index (κ2) is 5.98. The maximum absolute atomic E-state index is 12.1. The maximum atomic E-state index is 12.1. The van der Waals surface area contributed by atoms with Gasteiger partial charge in [-0.05, 0) is 38.5 Å². The maximum Gasteiger partial charge on any atom is 0.168 e. The molecule has 0 radical (unpaired) electrons. The average Bonchev–Trinajstić information content (AvgIpc) is 2.22. The first kappa shape index (κ1) is 14.7. The molecule has 0 amide bonds. The predicted octanol–water partition coefficient (Wildman–Crippen LogP) is 4.03. The molecule has 0 atom stereocenters. The Labute approximate surface area is 115 Å². The molecule has 94 valence electrons. The molecule has 1 rings (SSSR count). The zero-order valence-corrected chi connectivity index (χ0v) is 12.6. The Hall–Kier alpha value is -0.380. The van der Waals surface area contributed by atoms with E-state index >= 15 is 0 Å². The molecule has 1 aromatic carbocycles. The van der Waals surface area contributed by atoms with Gasteiger partial charge in [0.2, 0.25) is 0 Å². The number of rotatable bonds is 5. The van der Waals surface area contributed by atoms with Crippen molar-refractivity contribution >= 4 is 33.3 Å². The van der Waals surface area contributed by atoms with Crippen molar-refractivity contribution in [3.8, 4) is 0 Å². The van der Waals surface area contributed by atoms with Gasteiger partial charge in [-0.25, -0.2) is 0 Å². The number of hydrogen-bond donors (Lipinski definition) is 0. The topological polar surface area (TPSA) is 26.3 Å². The molecule has 0 aliphatic rings. The fraction of sp³-hybridized carbons (Fsp3) is 0.462. The Bertz CT molecular complexity index is 416. The molecule has 0 saturated heterocycles. The molecule has 1 aromatic rings. The Morgan fingerprint density at radius 3 is 2.65 bits per heavy atom. The van der Waals surface area contributed by atoms with Crippen molar-refractivity contribution in [3.05, 3.63) is 33.3 Å². The Kier molecular flexibility index (Phi) is 5.17. The Balaban J connectivity index is 2.81. The van der Waals surface area contributed by atoms with Crippen molar-refractivity contribution < 1.29 is 9.53 Å². The summed E-state index contributed by atoms with van der Waals surface area (Å²) >= 11 is 9.41. The van der Waals surface area contributed by atoms with Gasteiger partial charge in [0.15, 0.2) is 5.78 Å². The summed E-state index contributed by atoms with van der Waals surface area (Å²) in [5, 5.41) is 0.597. The molecule has 0 saturated carbocycles. The summed E-state index contributed by atoms with van der Waals surface area (Å²) < 4.78 is 6.33. The SMILES string of the molecule is CCOC(C)(C)C(=O)Cc1ccc(Br)cc1Cl. The standard InChI is InChI=1S/C13H16BrClO2/c1-4-17-13(2,3)12(16)7-9-5-6-10(14)8-11(9)15/h5-6,8H,4,7H2,1-3H3. The average molecular weight is 320 g/mol. The molecule has 4 heteroatoms. The number of ketones is 1. The highest BCUT2D eigenvalue weighted by atomic mass is 79.9. The van der Waals surface area contributed by atoms with E-state index in [2.05, 4.69) is 15.9 Å². The van der Waals surface area contributed by atoms with Crippen LogP contribution in [0.15, 0.2) is 22.7 Å². The van der Waals surface area contributed by atoms with Crippen molar-refractivity contribution in [2.75, 3.05) is 6.61 Å². The smallest absolute Gasteiger partial charge is 0.168 e. The van der Waals surface area contributed by atoms with Crippen LogP contribution < -0.4 is 0 Å². The zero-order valence-electron chi connectivity index (χ0n) is 10.2. The first-order valence-corrected chi connectivity index (χ1v) is 6.65. The number of benzene rings is 1. The van der Waals surface area contributed by atoms with Gasteiger partial charge in [0.25, 0.3) is 0 Å². The van der Waals surface area contributed by atoms with E-state index < -0.39 is 5.60 Å². The number of carbonyl (C=O) groups excluding carboxylic acids is 1. The quantitative estimate of drug-likeness (QED) is 0.819. The van der Waals surface area contributed by atoms with E-state index in [9.17, 15) is 4.79 Å². The van der Waals surface area contributed by atoms with Crippen LogP contribution in [0.2, 0.25) is 5.02 Å². The van der Waals surface area contributed by atoms with Crippen LogP contribution in [-0.4, -0.2) is 18.0 Å². The van der Waals surface area contributed by atoms with Crippen LogP contribution in [0.1, 0.15) is 26.3 Å². The van der Waals surface area contributed by atoms with E-state index in [0.717, 1.165) is 10.0 Å². The minimum absolute atomic E-state index is 0.0311. The lowest BCUT2D eigenvalue weighted by molar-refractivity contribution is -0.139. The normalized spacial score (nSPS) is 11.6. The van der Waals surface area contributed by atoms with Crippen LogP contribution in [0.25, 0.3) is 0 Å². The fourth-order valence-electron chi connectivity index (χ4n) is 1.49. The van der Waals surface area contributed by atoms with Gasteiger partial charge in [0, 0.05) is 22.5 Å². The predicted molar refractivity (Wildman–Crippen MR) is 73.6 cm³/mol. The third-order valence-electron chi connectivity index (χ3n) is 2.54. The first-order valence-electron chi connectivity index (χ1n) is 5.48. The summed E-state index contributed by atoms with van der Waals surface area (Å²) in [7, 11) is 0. The van der Waals surface area contributed by atoms with Crippen molar-refractivity contribution in [2.24, 2.45) is 0 Å². The van der Waals surface area contributed by atoms with Gasteiger partial charge in [-0.2, -0.15) is 0 Å². The monoisotopic (exact) mass is 318 g/mol. The van der Waals surface area contributed by atoms with Crippen LogP contribution >= 0.6 is 27.5 Å². The second-order valence-corrected chi connectivity index (χ2v) is 5.60. The third kappa shape index (κ3) is 4.09. The van der Waals surface area contributed by atoms with Gasteiger partial charge in [-0.15, -0.1) is 0 Å². The van der Waals surface area contributed by atoms with Gasteiger partial charge in [-0.1, -0.05) is 33.6 Å². The lowest BCUT2D eigenvalue weighted by Gasteiger charge is -2.23. The van der Waals surface area contributed by atoms with Gasteiger partial charge >= 0.3 is 0 Å². The summed E-state index contributed by atoms with van der Waals surface area (Å²) in [6, 6.07) is 5.52. The summed E-state index contributed by atoms with van der Waals surface area (Å²) in [6.45, 7) is 5.96. The number of carbonyl (C=O) groups is 1. The van der Waals surface area contributed by atoms with E-state index in [4.69, 9.17) is 16.3 Å². The van der Waals surface area contributed by atoms with E-state index in [1.165, 1.54) is 0 Å². The first-order chi connectivity index (χ1) is 7.86. The molecule has 0 aromatic heterocycles. The number of ether oxygens (including phenoxy) is 1. The highest BCUT2D eigenvalue weighted by Gasteiger charge is 2.27. The van der Waals surface area contributed by atoms with E-state index in [1.54, 1.807) is 19.9 Å². The largest absolute Gasteiger partial charge is 0.368 e. The highest BCUT2D eigenvalue weighted by molar-refractivity contribution is 9.10. The second-order valence-electron chi connectivity index (χ2n) is 4.28. The van der Waals surface area contributed by atoms with Crippen molar-refractivity contribution in [1.29, 1.82) is 0 Å². The molecule has 0 unspecified atom stereocenters. The van der Waals surface area contributed by atoms with E-state index in [-0.39, 0.29) is 5.78 Å². The van der Waals surface area contributed by atoms with E-state index in [1.807, 2.05) is 19.1 Å². The highest BCUT2D eigenvalue weighted by Crippen LogP contribution is 2.23. The molecule has 17 heavy (non-hydrogen) atoms. The van der Waals surface area contributed by atoms with Crippen LogP contribution in [-0.2, 0) is 16.0 Å². The molecule has 2 nitrogen and oxygen atoms in total. The van der Waals surface area contributed by atoms with Gasteiger partial charge < -0.3 is 4.74 Å². The summed E-state index contributed by atoms with van der Waals surface area (Å²) in [5.74, 6) is 0.0311. The summed E-state index contributed by atoms with van der Waals surface area (Å²) in [6.07, 6.45) is 0.291. The van der Waals surface area contributed by atoms with Crippen molar-refractivity contribution in [3.63, 3.8) is 0 Å².